The molecule has 2 aromatic rings. The van der Waals surface area contributed by atoms with E-state index in [9.17, 15) is 13.2 Å². The average molecular weight is 345 g/mol. The Labute approximate surface area is 141 Å². The molecule has 0 aliphatic heterocycles. The molecule has 24 heavy (non-hydrogen) atoms. The van der Waals surface area contributed by atoms with E-state index in [0.29, 0.717) is 16.5 Å². The second-order valence-corrected chi connectivity index (χ2v) is 8.29. The van der Waals surface area contributed by atoms with Crippen LogP contribution in [0.3, 0.4) is 0 Å². The summed E-state index contributed by atoms with van der Waals surface area (Å²) < 4.78 is 31.6. The van der Waals surface area contributed by atoms with E-state index in [1.165, 1.54) is 17.3 Å². The highest BCUT2D eigenvalue weighted by Crippen LogP contribution is 2.35. The summed E-state index contributed by atoms with van der Waals surface area (Å²) in [4.78, 5) is 11.9. The van der Waals surface area contributed by atoms with Gasteiger partial charge in [0.05, 0.1) is 18.2 Å². The summed E-state index contributed by atoms with van der Waals surface area (Å²) in [5.74, 6) is -0.662. The van der Waals surface area contributed by atoms with Crippen LogP contribution in [0.25, 0.3) is 10.9 Å². The van der Waals surface area contributed by atoms with E-state index < -0.39 is 20.7 Å². The fourth-order valence-corrected chi connectivity index (χ4v) is 4.86. The first-order chi connectivity index (χ1) is 11.3. The number of ether oxygens (including phenoxy) is 1. The van der Waals surface area contributed by atoms with Crippen LogP contribution in [-0.4, -0.2) is 30.2 Å². The lowest BCUT2D eigenvalue weighted by Gasteiger charge is -2.32. The minimum absolute atomic E-state index is 0.172. The first-order valence-electron chi connectivity index (χ1n) is 7.62. The molecular weight excluding hydrogens is 326 g/mol. The standard InChI is InChI=1S/C18H19NO4S/c1-13-7-4-5-11-18(13,2)24(21,22)19-12-10-14-15(17(20)23-3)8-6-9-16(14)19/h4-13H,1-3H3. The van der Waals surface area contributed by atoms with Gasteiger partial charge in [0.2, 0.25) is 10.0 Å². The predicted molar refractivity (Wildman–Crippen MR) is 93.4 cm³/mol. The van der Waals surface area contributed by atoms with Crippen LogP contribution in [0.15, 0.2) is 54.8 Å². The number of carbonyl (C=O) groups excluding carboxylic acids is 1. The molecule has 0 radical (unpaired) electrons. The Morgan fingerprint density at radius 1 is 1.25 bits per heavy atom. The Hall–Kier alpha value is -2.34. The fraction of sp³-hybridized carbons (Fsp3) is 0.278. The molecule has 5 nitrogen and oxygen atoms in total. The molecule has 1 aromatic heterocycles. The number of benzene rings is 1. The van der Waals surface area contributed by atoms with Crippen molar-refractivity contribution in [2.45, 2.75) is 18.6 Å². The van der Waals surface area contributed by atoms with Crippen molar-refractivity contribution in [3.05, 3.63) is 60.3 Å². The molecule has 0 saturated heterocycles. The van der Waals surface area contributed by atoms with Gasteiger partial charge in [-0.3, -0.25) is 0 Å². The molecule has 126 valence electrons. The molecule has 1 aromatic carbocycles. The first kappa shape index (κ1) is 16.5. The fourth-order valence-electron chi connectivity index (χ4n) is 2.99. The number of esters is 1. The van der Waals surface area contributed by atoms with Crippen molar-refractivity contribution in [3.8, 4) is 0 Å². The van der Waals surface area contributed by atoms with Gasteiger partial charge in [0.25, 0.3) is 0 Å². The second kappa shape index (κ2) is 5.63. The average Bonchev–Trinajstić information content (AvgIpc) is 3.01. The number of methoxy groups -OCH3 is 1. The highest BCUT2D eigenvalue weighted by atomic mass is 32.2. The molecule has 1 heterocycles. The van der Waals surface area contributed by atoms with Crippen LogP contribution in [0.1, 0.15) is 24.2 Å². The third-order valence-electron chi connectivity index (χ3n) is 4.76. The van der Waals surface area contributed by atoms with Crippen LogP contribution in [0, 0.1) is 5.92 Å². The minimum Gasteiger partial charge on any atom is -0.465 e. The molecule has 0 fully saturated rings. The first-order valence-corrected chi connectivity index (χ1v) is 9.06. The van der Waals surface area contributed by atoms with Crippen LogP contribution >= 0.6 is 0 Å². The summed E-state index contributed by atoms with van der Waals surface area (Å²) in [7, 11) is -2.41. The topological polar surface area (TPSA) is 65.4 Å². The number of aromatic nitrogens is 1. The van der Waals surface area contributed by atoms with Crippen LogP contribution in [0.5, 0.6) is 0 Å². The van der Waals surface area contributed by atoms with Gasteiger partial charge in [-0.15, -0.1) is 0 Å². The molecule has 0 amide bonds. The Morgan fingerprint density at radius 3 is 2.67 bits per heavy atom. The SMILES string of the molecule is COC(=O)c1cccc2c1ccn2S(=O)(=O)C1(C)C=CC=CC1C. The smallest absolute Gasteiger partial charge is 0.338 e. The molecule has 0 saturated carbocycles. The number of carbonyl (C=O) groups is 1. The molecule has 0 bridgehead atoms. The maximum absolute atomic E-state index is 13.3. The molecule has 0 N–H and O–H groups in total. The summed E-state index contributed by atoms with van der Waals surface area (Å²) in [5, 5.41) is 0.555. The molecule has 6 heteroatoms. The van der Waals surface area contributed by atoms with Gasteiger partial charge in [-0.1, -0.05) is 37.3 Å². The Bertz CT molecular complexity index is 968. The number of hydrogen-bond acceptors (Lipinski definition) is 4. The molecule has 2 unspecified atom stereocenters. The van der Waals surface area contributed by atoms with Gasteiger partial charge in [-0.05, 0) is 31.0 Å². The van der Waals surface area contributed by atoms with E-state index in [-0.39, 0.29) is 5.92 Å². The van der Waals surface area contributed by atoms with E-state index in [1.54, 1.807) is 43.3 Å². The van der Waals surface area contributed by atoms with Crippen LogP contribution < -0.4 is 0 Å². The predicted octanol–water partition coefficient (Wildman–Crippen LogP) is 3.13. The Morgan fingerprint density at radius 2 is 2.00 bits per heavy atom. The van der Waals surface area contributed by atoms with Gasteiger partial charge in [0.15, 0.2) is 0 Å². The Balaban J connectivity index is 2.22. The lowest BCUT2D eigenvalue weighted by atomic mass is 9.91. The van der Waals surface area contributed by atoms with Crippen molar-refractivity contribution in [1.82, 2.24) is 3.97 Å². The van der Waals surface area contributed by atoms with Gasteiger partial charge in [0.1, 0.15) is 4.75 Å². The number of allylic oxidation sites excluding steroid dienone is 3. The van der Waals surface area contributed by atoms with Gasteiger partial charge >= 0.3 is 5.97 Å². The largest absolute Gasteiger partial charge is 0.465 e. The monoisotopic (exact) mass is 345 g/mol. The van der Waals surface area contributed by atoms with Crippen molar-refractivity contribution in [2.24, 2.45) is 5.92 Å². The molecule has 1 aliphatic carbocycles. The summed E-state index contributed by atoms with van der Waals surface area (Å²) >= 11 is 0. The third kappa shape index (κ3) is 2.21. The van der Waals surface area contributed by atoms with Crippen molar-refractivity contribution < 1.29 is 17.9 Å². The zero-order valence-electron chi connectivity index (χ0n) is 13.8. The highest BCUT2D eigenvalue weighted by Gasteiger charge is 2.43. The van der Waals surface area contributed by atoms with Gasteiger partial charge in [-0.2, -0.15) is 0 Å². The van der Waals surface area contributed by atoms with E-state index in [4.69, 9.17) is 4.74 Å². The minimum atomic E-state index is -3.72. The third-order valence-corrected chi connectivity index (χ3v) is 7.22. The maximum atomic E-state index is 13.3. The normalized spacial score (nSPS) is 23.5. The molecule has 0 spiro atoms. The number of rotatable bonds is 3. The highest BCUT2D eigenvalue weighted by molar-refractivity contribution is 7.91. The number of nitrogens with zero attached hydrogens (tertiary/aromatic N) is 1. The summed E-state index contributed by atoms with van der Waals surface area (Å²) in [6, 6.07) is 6.60. The maximum Gasteiger partial charge on any atom is 0.338 e. The van der Waals surface area contributed by atoms with Crippen molar-refractivity contribution in [1.29, 1.82) is 0 Å². The lowest BCUT2D eigenvalue weighted by molar-refractivity contribution is 0.0603. The van der Waals surface area contributed by atoms with Crippen LogP contribution in [0.4, 0.5) is 0 Å². The molecular formula is C18H19NO4S. The van der Waals surface area contributed by atoms with E-state index >= 15 is 0 Å². The lowest BCUT2D eigenvalue weighted by Crippen LogP contribution is -2.43. The Kier molecular flexibility index (Phi) is 3.87. The molecule has 2 atom stereocenters. The van der Waals surface area contributed by atoms with Crippen molar-refractivity contribution >= 4 is 26.9 Å². The van der Waals surface area contributed by atoms with E-state index in [2.05, 4.69) is 0 Å². The van der Waals surface area contributed by atoms with E-state index in [1.807, 2.05) is 19.1 Å². The zero-order valence-corrected chi connectivity index (χ0v) is 14.6. The summed E-state index contributed by atoms with van der Waals surface area (Å²) in [6.45, 7) is 3.59. The van der Waals surface area contributed by atoms with Crippen molar-refractivity contribution in [2.75, 3.05) is 7.11 Å². The summed E-state index contributed by atoms with van der Waals surface area (Å²) in [6.07, 6.45) is 8.69. The molecule has 1 aliphatic rings. The molecule has 3 rings (SSSR count). The second-order valence-electron chi connectivity index (χ2n) is 6.06. The quantitative estimate of drug-likeness (QED) is 0.802. The van der Waals surface area contributed by atoms with Crippen molar-refractivity contribution in [3.63, 3.8) is 0 Å². The van der Waals surface area contributed by atoms with Gasteiger partial charge in [-0.25, -0.2) is 17.2 Å². The number of hydrogen-bond donors (Lipinski definition) is 0. The summed E-state index contributed by atoms with van der Waals surface area (Å²) in [5.41, 5.74) is 0.815. The van der Waals surface area contributed by atoms with Gasteiger partial charge in [0, 0.05) is 11.6 Å². The number of fused-ring (bicyclic) bond motifs is 1. The van der Waals surface area contributed by atoms with Gasteiger partial charge < -0.3 is 4.74 Å². The zero-order chi connectivity index (χ0) is 17.5. The van der Waals surface area contributed by atoms with Crippen LogP contribution in [0.2, 0.25) is 0 Å². The van der Waals surface area contributed by atoms with E-state index in [0.717, 1.165) is 0 Å². The van der Waals surface area contributed by atoms with Crippen LogP contribution in [-0.2, 0) is 14.8 Å².